The highest BCUT2D eigenvalue weighted by Crippen LogP contribution is 2.22. The molecule has 0 amide bonds. The third-order valence-corrected chi connectivity index (χ3v) is 3.83. The van der Waals surface area contributed by atoms with Gasteiger partial charge in [0.2, 0.25) is 0 Å². The van der Waals surface area contributed by atoms with E-state index in [1.807, 2.05) is 24.3 Å². The zero-order valence-corrected chi connectivity index (χ0v) is 11.3. The Morgan fingerprint density at radius 3 is 2.94 bits per heavy atom. The number of likely N-dealkylation sites (tertiary alicyclic amines) is 1. The standard InChI is InChI=1S/C15H21N3/c1-3-18-10-6-8-14(18)12-17(2)15-9-5-4-7-13(15)11-16/h4-5,7,9,14H,3,6,8,10,12H2,1-2H3. The van der Waals surface area contributed by atoms with Gasteiger partial charge in [-0.15, -0.1) is 0 Å². The molecular weight excluding hydrogens is 222 g/mol. The van der Waals surface area contributed by atoms with E-state index in [1.54, 1.807) is 0 Å². The summed E-state index contributed by atoms with van der Waals surface area (Å²) in [5.41, 5.74) is 1.81. The normalized spacial score (nSPS) is 19.7. The largest absolute Gasteiger partial charge is 0.372 e. The van der Waals surface area contributed by atoms with Crippen LogP contribution in [0.5, 0.6) is 0 Å². The molecule has 1 saturated heterocycles. The molecule has 3 heteroatoms. The number of para-hydroxylation sites is 1. The van der Waals surface area contributed by atoms with Crippen LogP contribution in [0.4, 0.5) is 5.69 Å². The summed E-state index contributed by atoms with van der Waals surface area (Å²) in [6.45, 7) is 5.57. The fraction of sp³-hybridized carbons (Fsp3) is 0.533. The number of likely N-dealkylation sites (N-methyl/N-ethyl adjacent to an activating group) is 2. The lowest BCUT2D eigenvalue weighted by molar-refractivity contribution is 0.270. The van der Waals surface area contributed by atoms with Crippen LogP contribution in [-0.2, 0) is 0 Å². The van der Waals surface area contributed by atoms with Crippen molar-refractivity contribution >= 4 is 5.69 Å². The molecule has 0 aliphatic carbocycles. The van der Waals surface area contributed by atoms with Crippen molar-refractivity contribution in [1.82, 2.24) is 4.90 Å². The highest BCUT2D eigenvalue weighted by Gasteiger charge is 2.24. The topological polar surface area (TPSA) is 30.3 Å². The molecule has 0 saturated carbocycles. The van der Waals surface area contributed by atoms with Crippen molar-refractivity contribution in [2.75, 3.05) is 31.6 Å². The summed E-state index contributed by atoms with van der Waals surface area (Å²) in [5.74, 6) is 0. The van der Waals surface area contributed by atoms with Crippen molar-refractivity contribution in [1.29, 1.82) is 5.26 Å². The molecule has 1 aliphatic heterocycles. The Labute approximate surface area is 110 Å². The molecule has 1 unspecified atom stereocenters. The van der Waals surface area contributed by atoms with E-state index < -0.39 is 0 Å². The average Bonchev–Trinajstić information content (AvgIpc) is 2.85. The van der Waals surface area contributed by atoms with Crippen LogP contribution in [0.25, 0.3) is 0 Å². The molecule has 1 aromatic carbocycles. The summed E-state index contributed by atoms with van der Waals surface area (Å²) in [7, 11) is 2.09. The molecule has 1 atom stereocenters. The Balaban J connectivity index is 2.08. The summed E-state index contributed by atoms with van der Waals surface area (Å²) in [6, 6.07) is 10.7. The van der Waals surface area contributed by atoms with Crippen molar-refractivity contribution < 1.29 is 0 Å². The van der Waals surface area contributed by atoms with Crippen molar-refractivity contribution in [2.24, 2.45) is 0 Å². The molecule has 18 heavy (non-hydrogen) atoms. The van der Waals surface area contributed by atoms with Gasteiger partial charge in [0.15, 0.2) is 0 Å². The lowest BCUT2D eigenvalue weighted by Gasteiger charge is -2.29. The molecule has 1 aromatic rings. The number of benzene rings is 1. The van der Waals surface area contributed by atoms with Gasteiger partial charge >= 0.3 is 0 Å². The van der Waals surface area contributed by atoms with Crippen LogP contribution < -0.4 is 4.90 Å². The maximum atomic E-state index is 9.14. The minimum atomic E-state index is 0.631. The Morgan fingerprint density at radius 1 is 1.44 bits per heavy atom. The second-order valence-electron chi connectivity index (χ2n) is 4.93. The van der Waals surface area contributed by atoms with Gasteiger partial charge < -0.3 is 4.90 Å². The van der Waals surface area contributed by atoms with Crippen molar-refractivity contribution in [3.8, 4) is 6.07 Å². The van der Waals surface area contributed by atoms with Crippen LogP contribution in [0.3, 0.4) is 0 Å². The third kappa shape index (κ3) is 2.65. The smallest absolute Gasteiger partial charge is 0.101 e. The maximum Gasteiger partial charge on any atom is 0.101 e. The van der Waals surface area contributed by atoms with Crippen LogP contribution in [0.2, 0.25) is 0 Å². The fourth-order valence-corrected chi connectivity index (χ4v) is 2.83. The minimum Gasteiger partial charge on any atom is -0.372 e. The first-order valence-electron chi connectivity index (χ1n) is 6.70. The molecule has 0 bridgehead atoms. The molecule has 2 rings (SSSR count). The van der Waals surface area contributed by atoms with E-state index in [0.717, 1.165) is 24.3 Å². The zero-order valence-electron chi connectivity index (χ0n) is 11.3. The van der Waals surface area contributed by atoms with E-state index in [1.165, 1.54) is 19.4 Å². The summed E-state index contributed by atoms with van der Waals surface area (Å²) in [6.07, 6.45) is 2.57. The maximum absolute atomic E-state index is 9.14. The Hall–Kier alpha value is -1.53. The van der Waals surface area contributed by atoms with Crippen LogP contribution in [-0.4, -0.2) is 37.6 Å². The quantitative estimate of drug-likeness (QED) is 0.814. The second kappa shape index (κ2) is 5.88. The first-order chi connectivity index (χ1) is 8.76. The molecular formula is C15H21N3. The Bertz CT molecular complexity index is 436. The number of hydrogen-bond acceptors (Lipinski definition) is 3. The molecule has 1 heterocycles. The highest BCUT2D eigenvalue weighted by atomic mass is 15.2. The summed E-state index contributed by atoms with van der Waals surface area (Å²) in [5, 5.41) is 9.14. The zero-order chi connectivity index (χ0) is 13.0. The summed E-state index contributed by atoms with van der Waals surface area (Å²) < 4.78 is 0. The molecule has 0 aromatic heterocycles. The van der Waals surface area contributed by atoms with E-state index in [0.29, 0.717) is 6.04 Å². The van der Waals surface area contributed by atoms with E-state index in [2.05, 4.69) is 29.8 Å². The van der Waals surface area contributed by atoms with Crippen molar-refractivity contribution in [2.45, 2.75) is 25.8 Å². The molecule has 96 valence electrons. The third-order valence-electron chi connectivity index (χ3n) is 3.83. The second-order valence-corrected chi connectivity index (χ2v) is 4.93. The average molecular weight is 243 g/mol. The number of anilines is 1. The summed E-state index contributed by atoms with van der Waals surface area (Å²) >= 11 is 0. The van der Waals surface area contributed by atoms with Gasteiger partial charge in [0.25, 0.3) is 0 Å². The minimum absolute atomic E-state index is 0.631. The van der Waals surface area contributed by atoms with Crippen molar-refractivity contribution in [3.63, 3.8) is 0 Å². The number of nitrogens with zero attached hydrogens (tertiary/aromatic N) is 3. The number of rotatable bonds is 4. The number of nitriles is 1. The van der Waals surface area contributed by atoms with Gasteiger partial charge in [-0.1, -0.05) is 19.1 Å². The van der Waals surface area contributed by atoms with Gasteiger partial charge in [-0.3, -0.25) is 4.90 Å². The monoisotopic (exact) mass is 243 g/mol. The molecule has 0 radical (unpaired) electrons. The van der Waals surface area contributed by atoms with Crippen LogP contribution in [0.15, 0.2) is 24.3 Å². The van der Waals surface area contributed by atoms with Gasteiger partial charge in [-0.05, 0) is 38.1 Å². The number of hydrogen-bond donors (Lipinski definition) is 0. The lowest BCUT2D eigenvalue weighted by Crippen LogP contribution is -2.38. The van der Waals surface area contributed by atoms with Gasteiger partial charge in [0.05, 0.1) is 11.3 Å². The Kier molecular flexibility index (Phi) is 4.22. The van der Waals surface area contributed by atoms with E-state index >= 15 is 0 Å². The first kappa shape index (κ1) is 12.9. The predicted molar refractivity (Wildman–Crippen MR) is 74.7 cm³/mol. The molecule has 0 N–H and O–H groups in total. The van der Waals surface area contributed by atoms with E-state index in [-0.39, 0.29) is 0 Å². The first-order valence-corrected chi connectivity index (χ1v) is 6.70. The molecule has 1 fully saturated rings. The molecule has 1 aliphatic rings. The van der Waals surface area contributed by atoms with Gasteiger partial charge in [-0.2, -0.15) is 5.26 Å². The Morgan fingerprint density at radius 2 is 2.22 bits per heavy atom. The predicted octanol–water partition coefficient (Wildman–Crippen LogP) is 2.48. The van der Waals surface area contributed by atoms with Gasteiger partial charge in [0.1, 0.15) is 6.07 Å². The highest BCUT2D eigenvalue weighted by molar-refractivity contribution is 5.58. The van der Waals surface area contributed by atoms with E-state index in [9.17, 15) is 0 Å². The van der Waals surface area contributed by atoms with E-state index in [4.69, 9.17) is 5.26 Å². The fourth-order valence-electron chi connectivity index (χ4n) is 2.83. The molecule has 0 spiro atoms. The van der Waals surface area contributed by atoms with Gasteiger partial charge in [0, 0.05) is 19.6 Å². The van der Waals surface area contributed by atoms with Gasteiger partial charge in [-0.25, -0.2) is 0 Å². The molecule has 3 nitrogen and oxygen atoms in total. The SMILES string of the molecule is CCN1CCCC1CN(C)c1ccccc1C#N. The van der Waals surface area contributed by atoms with Crippen LogP contribution in [0, 0.1) is 11.3 Å². The van der Waals surface area contributed by atoms with Crippen LogP contribution >= 0.6 is 0 Å². The van der Waals surface area contributed by atoms with Crippen molar-refractivity contribution in [3.05, 3.63) is 29.8 Å². The summed E-state index contributed by atoms with van der Waals surface area (Å²) in [4.78, 5) is 4.75. The lowest BCUT2D eigenvalue weighted by atomic mass is 10.1. The van der Waals surface area contributed by atoms with Crippen LogP contribution in [0.1, 0.15) is 25.3 Å².